The predicted octanol–water partition coefficient (Wildman–Crippen LogP) is 1.78. The third kappa shape index (κ3) is 1.19. The van der Waals surface area contributed by atoms with Crippen LogP contribution in [-0.2, 0) is 0 Å². The molecule has 0 aliphatic carbocycles. The van der Waals surface area contributed by atoms with E-state index in [-0.39, 0.29) is 0 Å². The summed E-state index contributed by atoms with van der Waals surface area (Å²) in [4.78, 5) is 0. The minimum absolute atomic E-state index is 0.356. The van der Waals surface area contributed by atoms with Crippen LogP contribution in [0, 0.1) is 12.3 Å². The Kier molecular flexibility index (Phi) is 1.77. The number of hydrogen-bond acceptors (Lipinski definition) is 2. The zero-order chi connectivity index (χ0) is 7.56. The Hall–Kier alpha value is -1.23. The van der Waals surface area contributed by atoms with Gasteiger partial charge in [-0.15, -0.1) is 6.42 Å². The van der Waals surface area contributed by atoms with Gasteiger partial charge in [-0.1, -0.05) is 19.0 Å². The fourth-order valence-corrected chi connectivity index (χ4v) is 0.629. The maximum Gasteiger partial charge on any atom is 0.156 e. The number of hydrogen-bond donors (Lipinski definition) is 0. The van der Waals surface area contributed by atoms with Gasteiger partial charge in [-0.2, -0.15) is 0 Å². The monoisotopic (exact) mass is 135 g/mol. The Bertz CT molecular complexity index is 254. The number of terminal acetylenes is 1. The van der Waals surface area contributed by atoms with E-state index in [1.54, 1.807) is 6.07 Å². The smallest absolute Gasteiger partial charge is 0.156 e. The third-order valence-electron chi connectivity index (χ3n) is 1.25. The summed E-state index contributed by atoms with van der Waals surface area (Å²) in [5, 5.41) is 3.64. The van der Waals surface area contributed by atoms with E-state index in [2.05, 4.69) is 11.1 Å². The lowest BCUT2D eigenvalue weighted by molar-refractivity contribution is 0.370. The molecule has 0 amide bonds. The van der Waals surface area contributed by atoms with Crippen molar-refractivity contribution in [3.8, 4) is 12.3 Å². The molecule has 0 saturated heterocycles. The molecule has 1 rings (SSSR count). The second-order valence-corrected chi connectivity index (χ2v) is 2.41. The van der Waals surface area contributed by atoms with E-state index < -0.39 is 0 Å². The number of aromatic nitrogens is 1. The van der Waals surface area contributed by atoms with Crippen molar-refractivity contribution in [2.45, 2.75) is 19.8 Å². The summed E-state index contributed by atoms with van der Waals surface area (Å²) in [7, 11) is 0. The quantitative estimate of drug-likeness (QED) is 0.548. The summed E-state index contributed by atoms with van der Waals surface area (Å²) < 4.78 is 4.92. The largest absolute Gasteiger partial charge is 0.360 e. The Morgan fingerprint density at radius 3 is 2.70 bits per heavy atom. The van der Waals surface area contributed by atoms with Crippen molar-refractivity contribution in [3.05, 3.63) is 17.5 Å². The summed E-state index contributed by atoms with van der Waals surface area (Å²) in [5.74, 6) is 3.59. The van der Waals surface area contributed by atoms with E-state index in [4.69, 9.17) is 10.9 Å². The molecular formula is C8H9NO. The Morgan fingerprint density at radius 2 is 2.40 bits per heavy atom. The molecule has 1 heterocycles. The van der Waals surface area contributed by atoms with E-state index >= 15 is 0 Å². The maximum absolute atomic E-state index is 5.09. The summed E-state index contributed by atoms with van der Waals surface area (Å²) in [6.07, 6.45) is 5.09. The Balaban J connectivity index is 2.91. The molecule has 0 bridgehead atoms. The van der Waals surface area contributed by atoms with Crippen LogP contribution < -0.4 is 0 Å². The van der Waals surface area contributed by atoms with Crippen LogP contribution >= 0.6 is 0 Å². The van der Waals surface area contributed by atoms with E-state index in [1.807, 2.05) is 13.8 Å². The van der Waals surface area contributed by atoms with Gasteiger partial charge >= 0.3 is 0 Å². The van der Waals surface area contributed by atoms with E-state index in [0.717, 1.165) is 5.76 Å². The number of rotatable bonds is 1. The molecule has 0 atom stereocenters. The predicted molar refractivity (Wildman–Crippen MR) is 38.5 cm³/mol. The van der Waals surface area contributed by atoms with Crippen LogP contribution in [0.25, 0.3) is 0 Å². The normalized spacial score (nSPS) is 9.80. The van der Waals surface area contributed by atoms with Crippen molar-refractivity contribution in [2.24, 2.45) is 0 Å². The minimum atomic E-state index is 0.356. The minimum Gasteiger partial charge on any atom is -0.360 e. The molecule has 52 valence electrons. The third-order valence-corrected chi connectivity index (χ3v) is 1.25. The van der Waals surface area contributed by atoms with E-state index in [0.29, 0.717) is 11.6 Å². The topological polar surface area (TPSA) is 26.0 Å². The highest BCUT2D eigenvalue weighted by atomic mass is 16.5. The maximum atomic E-state index is 5.09. The molecule has 0 unspecified atom stereocenters. The lowest BCUT2D eigenvalue weighted by Gasteiger charge is -1.92. The first kappa shape index (κ1) is 6.88. The van der Waals surface area contributed by atoms with Gasteiger partial charge in [0.05, 0.1) is 0 Å². The second kappa shape index (κ2) is 2.57. The van der Waals surface area contributed by atoms with Crippen molar-refractivity contribution in [1.82, 2.24) is 5.16 Å². The molecule has 0 fully saturated rings. The van der Waals surface area contributed by atoms with Gasteiger partial charge in [-0.05, 0) is 5.92 Å². The molecule has 0 aliphatic rings. The molecule has 2 nitrogen and oxygen atoms in total. The van der Waals surface area contributed by atoms with Crippen molar-refractivity contribution in [1.29, 1.82) is 0 Å². The van der Waals surface area contributed by atoms with Crippen LogP contribution in [0.15, 0.2) is 10.6 Å². The average molecular weight is 135 g/mol. The lowest BCUT2D eigenvalue weighted by atomic mass is 10.1. The molecular weight excluding hydrogens is 126 g/mol. The Labute approximate surface area is 60.2 Å². The van der Waals surface area contributed by atoms with Crippen molar-refractivity contribution < 1.29 is 4.52 Å². The number of nitrogens with zero attached hydrogens (tertiary/aromatic N) is 1. The summed E-state index contributed by atoms with van der Waals surface area (Å²) >= 11 is 0. The van der Waals surface area contributed by atoms with E-state index in [1.165, 1.54) is 0 Å². The summed E-state index contributed by atoms with van der Waals surface area (Å²) in [6, 6.07) is 1.78. The fraction of sp³-hybridized carbons (Fsp3) is 0.375. The van der Waals surface area contributed by atoms with Crippen molar-refractivity contribution in [3.63, 3.8) is 0 Å². The highest BCUT2D eigenvalue weighted by molar-refractivity contribution is 5.24. The van der Waals surface area contributed by atoms with Gasteiger partial charge in [0.25, 0.3) is 0 Å². The van der Waals surface area contributed by atoms with Crippen LogP contribution in [0.5, 0.6) is 0 Å². The van der Waals surface area contributed by atoms with Crippen LogP contribution in [-0.4, -0.2) is 5.16 Å². The van der Waals surface area contributed by atoms with Gasteiger partial charge in [0.15, 0.2) is 5.69 Å². The molecule has 0 N–H and O–H groups in total. The zero-order valence-electron chi connectivity index (χ0n) is 6.09. The molecule has 0 saturated carbocycles. The lowest BCUT2D eigenvalue weighted by Crippen LogP contribution is -1.80. The van der Waals surface area contributed by atoms with E-state index in [9.17, 15) is 0 Å². The SMILES string of the molecule is C#Cc1cc(C(C)C)on1. The van der Waals surface area contributed by atoms with Gasteiger partial charge in [-0.3, -0.25) is 0 Å². The Morgan fingerprint density at radius 1 is 1.70 bits per heavy atom. The van der Waals surface area contributed by atoms with Gasteiger partial charge < -0.3 is 4.52 Å². The highest BCUT2D eigenvalue weighted by Gasteiger charge is 2.04. The summed E-state index contributed by atoms with van der Waals surface area (Å²) in [5.41, 5.74) is 0.573. The summed E-state index contributed by atoms with van der Waals surface area (Å²) in [6.45, 7) is 4.06. The zero-order valence-corrected chi connectivity index (χ0v) is 6.09. The fourth-order valence-electron chi connectivity index (χ4n) is 0.629. The van der Waals surface area contributed by atoms with Crippen molar-refractivity contribution >= 4 is 0 Å². The van der Waals surface area contributed by atoms with Crippen LogP contribution in [0.1, 0.15) is 31.2 Å². The van der Waals surface area contributed by atoms with Gasteiger partial charge in [0.2, 0.25) is 0 Å². The molecule has 0 aromatic carbocycles. The first-order valence-corrected chi connectivity index (χ1v) is 3.17. The molecule has 2 heteroatoms. The first-order chi connectivity index (χ1) is 4.74. The van der Waals surface area contributed by atoms with Crippen LogP contribution in [0.2, 0.25) is 0 Å². The van der Waals surface area contributed by atoms with Gasteiger partial charge in [0, 0.05) is 12.0 Å². The van der Waals surface area contributed by atoms with Crippen LogP contribution in [0.4, 0.5) is 0 Å². The second-order valence-electron chi connectivity index (χ2n) is 2.41. The van der Waals surface area contributed by atoms with Gasteiger partial charge in [-0.25, -0.2) is 0 Å². The van der Waals surface area contributed by atoms with Crippen LogP contribution in [0.3, 0.4) is 0 Å². The highest BCUT2D eigenvalue weighted by Crippen LogP contribution is 2.13. The average Bonchev–Trinajstić information content (AvgIpc) is 2.34. The molecule has 1 aromatic heterocycles. The van der Waals surface area contributed by atoms with Crippen molar-refractivity contribution in [2.75, 3.05) is 0 Å². The molecule has 1 aromatic rings. The molecule has 0 spiro atoms. The molecule has 10 heavy (non-hydrogen) atoms. The first-order valence-electron chi connectivity index (χ1n) is 3.17. The standard InChI is InChI=1S/C8H9NO/c1-4-7-5-8(6(2)3)10-9-7/h1,5-6H,2-3H3. The molecule has 0 radical (unpaired) electrons. The molecule has 0 aliphatic heterocycles. The van der Waals surface area contributed by atoms with Gasteiger partial charge in [0.1, 0.15) is 5.76 Å².